The Morgan fingerprint density at radius 3 is 2.53 bits per heavy atom. The van der Waals surface area contributed by atoms with Crippen molar-refractivity contribution >= 4 is 11.6 Å². The first-order chi connectivity index (χ1) is 9.24. The van der Waals surface area contributed by atoms with E-state index in [-0.39, 0.29) is 0 Å². The van der Waals surface area contributed by atoms with Crippen LogP contribution in [0, 0.1) is 0 Å². The molecular weight excluding hydrogens is 260 g/mol. The van der Waals surface area contributed by atoms with Gasteiger partial charge in [0.05, 0.1) is 13.2 Å². The highest BCUT2D eigenvalue weighted by atomic mass is 35.5. The van der Waals surface area contributed by atoms with Gasteiger partial charge in [0.15, 0.2) is 11.5 Å². The molecule has 2 atom stereocenters. The molecule has 0 spiro atoms. The Morgan fingerprint density at radius 2 is 1.84 bits per heavy atom. The fourth-order valence-electron chi connectivity index (χ4n) is 2.75. The third kappa shape index (κ3) is 3.79. The zero-order chi connectivity index (χ0) is 13.7. The summed E-state index contributed by atoms with van der Waals surface area (Å²) >= 11 is 6.29. The van der Waals surface area contributed by atoms with Gasteiger partial charge in [0.1, 0.15) is 0 Å². The average molecular weight is 283 g/mol. The lowest BCUT2D eigenvalue weighted by Gasteiger charge is -2.26. The van der Waals surface area contributed by atoms with E-state index < -0.39 is 0 Å². The topological polar surface area (TPSA) is 18.5 Å². The van der Waals surface area contributed by atoms with Gasteiger partial charge in [-0.2, -0.15) is 0 Å². The Morgan fingerprint density at radius 1 is 1.11 bits per heavy atom. The minimum Gasteiger partial charge on any atom is -0.490 e. The third-order valence-corrected chi connectivity index (χ3v) is 4.05. The van der Waals surface area contributed by atoms with E-state index in [1.807, 2.05) is 19.9 Å². The third-order valence-electron chi connectivity index (χ3n) is 3.65. The van der Waals surface area contributed by atoms with Crippen LogP contribution in [0.25, 0.3) is 0 Å². The molecule has 0 aliphatic heterocycles. The molecule has 0 aromatic heterocycles. The van der Waals surface area contributed by atoms with Crippen LogP contribution in [0.2, 0.25) is 0 Å². The lowest BCUT2D eigenvalue weighted by atomic mass is 9.84. The molecule has 3 heteroatoms. The summed E-state index contributed by atoms with van der Waals surface area (Å²) in [6.07, 6.45) is 4.66. The normalized spacial score (nSPS) is 23.1. The summed E-state index contributed by atoms with van der Waals surface area (Å²) in [5.74, 6) is 2.26. The second-order valence-electron chi connectivity index (χ2n) is 5.03. The lowest BCUT2D eigenvalue weighted by molar-refractivity contribution is 0.287. The van der Waals surface area contributed by atoms with Crippen LogP contribution in [0.3, 0.4) is 0 Å². The van der Waals surface area contributed by atoms with Gasteiger partial charge in [0.2, 0.25) is 0 Å². The fourth-order valence-corrected chi connectivity index (χ4v) is 3.12. The molecule has 1 aliphatic carbocycles. The standard InChI is InChI=1S/C16H23ClO2/c1-3-18-15-9-8-13(11-16(15)19-4-2)12-6-5-7-14(17)10-12/h8-9,11-12,14H,3-7,10H2,1-2H3. The van der Waals surface area contributed by atoms with Gasteiger partial charge in [-0.1, -0.05) is 12.5 Å². The van der Waals surface area contributed by atoms with Crippen molar-refractivity contribution in [2.45, 2.75) is 50.8 Å². The molecule has 0 heterocycles. The number of hydrogen-bond donors (Lipinski definition) is 0. The van der Waals surface area contributed by atoms with Crippen molar-refractivity contribution in [3.8, 4) is 11.5 Å². The zero-order valence-electron chi connectivity index (χ0n) is 11.8. The molecule has 0 amide bonds. The molecule has 0 N–H and O–H groups in total. The molecule has 1 aromatic carbocycles. The largest absolute Gasteiger partial charge is 0.490 e. The zero-order valence-corrected chi connectivity index (χ0v) is 12.6. The van der Waals surface area contributed by atoms with E-state index in [4.69, 9.17) is 21.1 Å². The van der Waals surface area contributed by atoms with Gasteiger partial charge in [0.25, 0.3) is 0 Å². The maximum absolute atomic E-state index is 6.29. The van der Waals surface area contributed by atoms with E-state index in [1.54, 1.807) is 0 Å². The minimum atomic E-state index is 0.320. The number of rotatable bonds is 5. The molecule has 0 saturated heterocycles. The van der Waals surface area contributed by atoms with Gasteiger partial charge in [-0.25, -0.2) is 0 Å². The Balaban J connectivity index is 2.18. The van der Waals surface area contributed by atoms with Gasteiger partial charge in [0, 0.05) is 5.38 Å². The van der Waals surface area contributed by atoms with E-state index >= 15 is 0 Å². The summed E-state index contributed by atoms with van der Waals surface area (Å²) in [6, 6.07) is 6.32. The predicted octanol–water partition coefficient (Wildman–Crippen LogP) is 4.75. The highest BCUT2D eigenvalue weighted by molar-refractivity contribution is 6.20. The van der Waals surface area contributed by atoms with Gasteiger partial charge in [-0.15, -0.1) is 11.6 Å². The second kappa shape index (κ2) is 7.04. The first kappa shape index (κ1) is 14.5. The summed E-state index contributed by atoms with van der Waals surface area (Å²) in [7, 11) is 0. The molecule has 106 valence electrons. The minimum absolute atomic E-state index is 0.320. The average Bonchev–Trinajstić information content (AvgIpc) is 2.41. The molecule has 1 aromatic rings. The first-order valence-corrected chi connectivity index (χ1v) is 7.71. The van der Waals surface area contributed by atoms with Crippen LogP contribution in [0.5, 0.6) is 11.5 Å². The number of benzene rings is 1. The molecule has 0 radical (unpaired) electrons. The summed E-state index contributed by atoms with van der Waals surface area (Å²) in [5, 5.41) is 0.320. The lowest BCUT2D eigenvalue weighted by Crippen LogP contribution is -2.14. The van der Waals surface area contributed by atoms with E-state index in [9.17, 15) is 0 Å². The Bertz CT molecular complexity index is 406. The number of halogens is 1. The number of hydrogen-bond acceptors (Lipinski definition) is 2. The summed E-state index contributed by atoms with van der Waals surface area (Å²) in [4.78, 5) is 0. The summed E-state index contributed by atoms with van der Waals surface area (Å²) < 4.78 is 11.3. The molecule has 0 bridgehead atoms. The van der Waals surface area contributed by atoms with E-state index in [0.29, 0.717) is 24.5 Å². The van der Waals surface area contributed by atoms with Crippen molar-refractivity contribution in [3.05, 3.63) is 23.8 Å². The van der Waals surface area contributed by atoms with Crippen molar-refractivity contribution in [2.24, 2.45) is 0 Å². The van der Waals surface area contributed by atoms with Crippen LogP contribution in [0.1, 0.15) is 51.0 Å². The first-order valence-electron chi connectivity index (χ1n) is 7.28. The highest BCUT2D eigenvalue weighted by Crippen LogP contribution is 2.38. The predicted molar refractivity (Wildman–Crippen MR) is 79.6 cm³/mol. The maximum atomic E-state index is 6.29. The van der Waals surface area contributed by atoms with Crippen LogP contribution in [0.15, 0.2) is 18.2 Å². The molecule has 1 fully saturated rings. The van der Waals surface area contributed by atoms with Crippen molar-refractivity contribution in [3.63, 3.8) is 0 Å². The molecule has 2 unspecified atom stereocenters. The van der Waals surface area contributed by atoms with Crippen LogP contribution in [-0.2, 0) is 0 Å². The van der Waals surface area contributed by atoms with Crippen LogP contribution < -0.4 is 9.47 Å². The Kier molecular flexibility index (Phi) is 5.38. The molecule has 2 nitrogen and oxygen atoms in total. The van der Waals surface area contributed by atoms with Crippen molar-refractivity contribution in [1.29, 1.82) is 0 Å². The SMILES string of the molecule is CCOc1ccc(C2CCCC(Cl)C2)cc1OCC. The molecule has 19 heavy (non-hydrogen) atoms. The van der Waals surface area contributed by atoms with Gasteiger partial charge < -0.3 is 9.47 Å². The fraction of sp³-hybridized carbons (Fsp3) is 0.625. The van der Waals surface area contributed by atoms with Crippen LogP contribution in [-0.4, -0.2) is 18.6 Å². The van der Waals surface area contributed by atoms with E-state index in [2.05, 4.69) is 12.1 Å². The quantitative estimate of drug-likeness (QED) is 0.726. The molecule has 1 aliphatic rings. The number of alkyl halides is 1. The van der Waals surface area contributed by atoms with Crippen LogP contribution >= 0.6 is 11.6 Å². The molecular formula is C16H23ClO2. The van der Waals surface area contributed by atoms with Crippen LogP contribution in [0.4, 0.5) is 0 Å². The smallest absolute Gasteiger partial charge is 0.161 e. The second-order valence-corrected chi connectivity index (χ2v) is 5.65. The number of ether oxygens (including phenoxy) is 2. The van der Waals surface area contributed by atoms with Crippen molar-refractivity contribution in [2.75, 3.05) is 13.2 Å². The monoisotopic (exact) mass is 282 g/mol. The maximum Gasteiger partial charge on any atom is 0.161 e. The van der Waals surface area contributed by atoms with Gasteiger partial charge in [-0.05, 0) is 56.7 Å². The summed E-state index contributed by atoms with van der Waals surface area (Å²) in [6.45, 7) is 5.31. The Hall–Kier alpha value is -0.890. The van der Waals surface area contributed by atoms with Gasteiger partial charge in [-0.3, -0.25) is 0 Å². The summed E-state index contributed by atoms with van der Waals surface area (Å²) in [5.41, 5.74) is 1.33. The van der Waals surface area contributed by atoms with E-state index in [1.165, 1.54) is 18.4 Å². The highest BCUT2D eigenvalue weighted by Gasteiger charge is 2.22. The Labute approximate surface area is 121 Å². The molecule has 1 saturated carbocycles. The molecule has 2 rings (SSSR count). The van der Waals surface area contributed by atoms with Crippen molar-refractivity contribution < 1.29 is 9.47 Å². The van der Waals surface area contributed by atoms with Gasteiger partial charge >= 0.3 is 0 Å². The van der Waals surface area contributed by atoms with Crippen molar-refractivity contribution in [1.82, 2.24) is 0 Å². The van der Waals surface area contributed by atoms with E-state index in [0.717, 1.165) is 24.3 Å².